The van der Waals surface area contributed by atoms with Crippen molar-refractivity contribution in [2.24, 2.45) is 5.10 Å². The third-order valence-corrected chi connectivity index (χ3v) is 5.47. The maximum Gasteiger partial charge on any atom is 0.276 e. The Balaban J connectivity index is 1.74. The highest BCUT2D eigenvalue weighted by Crippen LogP contribution is 2.16. The highest BCUT2D eigenvalue weighted by atomic mass is 35.5. The minimum atomic E-state index is -3.75. The first-order chi connectivity index (χ1) is 13.8. The Morgan fingerprint density at radius 1 is 0.897 bits per heavy atom. The Morgan fingerprint density at radius 3 is 2.31 bits per heavy atom. The minimum Gasteiger partial charge on any atom is -0.322 e. The molecule has 0 aliphatic carbocycles. The van der Waals surface area contributed by atoms with Crippen molar-refractivity contribution in [3.05, 3.63) is 95.0 Å². The third-order valence-electron chi connectivity index (χ3n) is 4.01. The van der Waals surface area contributed by atoms with Gasteiger partial charge in [-0.05, 0) is 55.0 Å². The molecule has 0 saturated carbocycles. The molecule has 0 unspecified atom stereocenters. The van der Waals surface area contributed by atoms with Crippen LogP contribution in [-0.4, -0.2) is 20.0 Å². The number of nitrogens with one attached hydrogen (secondary N) is 2. The second-order valence-electron chi connectivity index (χ2n) is 6.15. The van der Waals surface area contributed by atoms with Crippen molar-refractivity contribution < 1.29 is 13.2 Å². The number of nitrogens with zero attached hydrogens (tertiary/aromatic N) is 1. The first-order valence-electron chi connectivity index (χ1n) is 8.64. The van der Waals surface area contributed by atoms with Crippen LogP contribution in [0.3, 0.4) is 0 Å². The first-order valence-corrected chi connectivity index (χ1v) is 10.5. The zero-order valence-electron chi connectivity index (χ0n) is 15.5. The summed E-state index contributed by atoms with van der Waals surface area (Å²) in [6, 6.07) is 21.5. The molecular formula is C21H18ClN3O3S. The Morgan fingerprint density at radius 2 is 1.59 bits per heavy atom. The summed E-state index contributed by atoms with van der Waals surface area (Å²) >= 11 is 5.92. The molecule has 0 spiro atoms. The van der Waals surface area contributed by atoms with E-state index < -0.39 is 10.0 Å². The SMILES string of the molecule is C/C(=N/NS(=O)(=O)c1ccccc1)c1cccc(NC(=O)c2cccc(Cl)c2)c1. The predicted octanol–water partition coefficient (Wildman–Crippen LogP) is 4.29. The average Bonchev–Trinajstić information content (AvgIpc) is 2.73. The number of hydrazone groups is 1. The van der Waals surface area contributed by atoms with E-state index in [1.165, 1.54) is 12.1 Å². The molecule has 0 fully saturated rings. The summed E-state index contributed by atoms with van der Waals surface area (Å²) in [5.74, 6) is -0.302. The number of hydrogen-bond donors (Lipinski definition) is 2. The van der Waals surface area contributed by atoms with Crippen molar-refractivity contribution in [1.29, 1.82) is 0 Å². The smallest absolute Gasteiger partial charge is 0.276 e. The third kappa shape index (κ3) is 5.43. The summed E-state index contributed by atoms with van der Waals surface area (Å²) < 4.78 is 24.6. The van der Waals surface area contributed by atoms with Gasteiger partial charge >= 0.3 is 0 Å². The normalized spacial score (nSPS) is 11.7. The average molecular weight is 428 g/mol. The van der Waals surface area contributed by atoms with Crippen molar-refractivity contribution >= 4 is 38.9 Å². The van der Waals surface area contributed by atoms with Gasteiger partial charge in [0.05, 0.1) is 10.6 Å². The van der Waals surface area contributed by atoms with Crippen LogP contribution in [0.5, 0.6) is 0 Å². The molecule has 0 aromatic heterocycles. The number of halogens is 1. The summed E-state index contributed by atoms with van der Waals surface area (Å²) in [7, 11) is -3.75. The molecule has 8 heteroatoms. The van der Waals surface area contributed by atoms with Gasteiger partial charge in [0.15, 0.2) is 0 Å². The number of rotatable bonds is 6. The standard InChI is InChI=1S/C21H18ClN3O3S/c1-15(24-25-29(27,28)20-11-3-2-4-12-20)16-7-6-10-19(14-16)23-21(26)17-8-5-9-18(22)13-17/h2-14,25H,1H3,(H,23,26)/b24-15-. The lowest BCUT2D eigenvalue weighted by Crippen LogP contribution is -2.20. The highest BCUT2D eigenvalue weighted by molar-refractivity contribution is 7.89. The van der Waals surface area contributed by atoms with Crippen LogP contribution >= 0.6 is 11.6 Å². The topological polar surface area (TPSA) is 87.6 Å². The van der Waals surface area contributed by atoms with E-state index in [-0.39, 0.29) is 10.8 Å². The van der Waals surface area contributed by atoms with Gasteiger partial charge in [0.25, 0.3) is 15.9 Å². The quantitative estimate of drug-likeness (QED) is 0.454. The van der Waals surface area contributed by atoms with Crippen LogP contribution < -0.4 is 10.1 Å². The zero-order chi connectivity index (χ0) is 20.9. The van der Waals surface area contributed by atoms with E-state index in [2.05, 4.69) is 15.2 Å². The largest absolute Gasteiger partial charge is 0.322 e. The van der Waals surface area contributed by atoms with E-state index >= 15 is 0 Å². The Labute approximate surface area is 174 Å². The van der Waals surface area contributed by atoms with Crippen molar-refractivity contribution in [2.75, 3.05) is 5.32 Å². The fourth-order valence-electron chi connectivity index (χ4n) is 2.50. The van der Waals surface area contributed by atoms with Gasteiger partial charge in [-0.2, -0.15) is 18.4 Å². The van der Waals surface area contributed by atoms with Crippen LogP contribution in [-0.2, 0) is 10.0 Å². The number of anilines is 1. The molecule has 0 aliphatic rings. The lowest BCUT2D eigenvalue weighted by atomic mass is 10.1. The van der Waals surface area contributed by atoms with Gasteiger partial charge in [-0.3, -0.25) is 4.79 Å². The van der Waals surface area contributed by atoms with Crippen LogP contribution in [0.1, 0.15) is 22.8 Å². The van der Waals surface area contributed by atoms with Crippen LogP contribution in [0.4, 0.5) is 5.69 Å². The summed E-state index contributed by atoms with van der Waals surface area (Å²) in [5, 5.41) is 7.24. The fraction of sp³-hybridized carbons (Fsp3) is 0.0476. The van der Waals surface area contributed by atoms with Gasteiger partial charge in [-0.25, -0.2) is 0 Å². The summed E-state index contributed by atoms with van der Waals surface area (Å²) in [6.45, 7) is 1.67. The van der Waals surface area contributed by atoms with Crippen LogP contribution in [0.25, 0.3) is 0 Å². The molecule has 3 rings (SSSR count). The van der Waals surface area contributed by atoms with E-state index in [4.69, 9.17) is 11.6 Å². The van der Waals surface area contributed by atoms with E-state index in [1.54, 1.807) is 73.7 Å². The van der Waals surface area contributed by atoms with E-state index in [1.807, 2.05) is 0 Å². The first kappa shape index (κ1) is 20.6. The molecule has 148 valence electrons. The molecule has 1 amide bonds. The Bertz CT molecular complexity index is 1160. The summed E-state index contributed by atoms with van der Waals surface area (Å²) in [5.41, 5.74) is 2.09. The minimum absolute atomic E-state index is 0.124. The van der Waals surface area contributed by atoms with Crippen molar-refractivity contribution in [3.63, 3.8) is 0 Å². The molecule has 3 aromatic carbocycles. The zero-order valence-corrected chi connectivity index (χ0v) is 17.0. The van der Waals surface area contributed by atoms with Crippen LogP contribution in [0.15, 0.2) is 88.9 Å². The maximum absolute atomic E-state index is 12.4. The molecule has 0 heterocycles. The molecule has 0 radical (unpaired) electrons. The number of hydrogen-bond acceptors (Lipinski definition) is 4. The predicted molar refractivity (Wildman–Crippen MR) is 115 cm³/mol. The monoisotopic (exact) mass is 427 g/mol. The van der Waals surface area contributed by atoms with Crippen LogP contribution in [0, 0.1) is 0 Å². The van der Waals surface area contributed by atoms with E-state index in [0.717, 1.165) is 0 Å². The second-order valence-corrected chi connectivity index (χ2v) is 8.25. The molecular weight excluding hydrogens is 410 g/mol. The number of carbonyl (C=O) groups is 1. The van der Waals surface area contributed by atoms with Gasteiger partial charge in [-0.1, -0.05) is 48.0 Å². The summed E-state index contributed by atoms with van der Waals surface area (Å²) in [4.78, 5) is 14.7. The lowest BCUT2D eigenvalue weighted by molar-refractivity contribution is 0.102. The number of sulfonamides is 1. The highest BCUT2D eigenvalue weighted by Gasteiger charge is 2.12. The van der Waals surface area contributed by atoms with Crippen molar-refractivity contribution in [1.82, 2.24) is 4.83 Å². The van der Waals surface area contributed by atoms with Gasteiger partial charge < -0.3 is 5.32 Å². The molecule has 0 bridgehead atoms. The molecule has 0 saturated heterocycles. The van der Waals surface area contributed by atoms with E-state index in [0.29, 0.717) is 27.5 Å². The second kappa shape index (κ2) is 8.89. The molecule has 2 N–H and O–H groups in total. The maximum atomic E-state index is 12.4. The number of carbonyl (C=O) groups excluding carboxylic acids is 1. The number of amides is 1. The summed E-state index contributed by atoms with van der Waals surface area (Å²) in [6.07, 6.45) is 0. The Kier molecular flexibility index (Phi) is 6.31. The molecule has 3 aromatic rings. The van der Waals surface area contributed by atoms with Gasteiger partial charge in [-0.15, -0.1) is 0 Å². The van der Waals surface area contributed by atoms with Gasteiger partial charge in [0.2, 0.25) is 0 Å². The molecule has 29 heavy (non-hydrogen) atoms. The van der Waals surface area contributed by atoms with E-state index in [9.17, 15) is 13.2 Å². The Hall–Kier alpha value is -3.16. The van der Waals surface area contributed by atoms with Crippen molar-refractivity contribution in [2.45, 2.75) is 11.8 Å². The molecule has 0 aliphatic heterocycles. The number of benzene rings is 3. The lowest BCUT2D eigenvalue weighted by Gasteiger charge is -2.09. The van der Waals surface area contributed by atoms with Crippen molar-refractivity contribution in [3.8, 4) is 0 Å². The van der Waals surface area contributed by atoms with Gasteiger partial charge in [0.1, 0.15) is 0 Å². The van der Waals surface area contributed by atoms with Crippen LogP contribution in [0.2, 0.25) is 5.02 Å². The van der Waals surface area contributed by atoms with Gasteiger partial charge in [0, 0.05) is 16.3 Å². The fourth-order valence-corrected chi connectivity index (χ4v) is 3.57. The molecule has 6 nitrogen and oxygen atoms in total. The molecule has 0 atom stereocenters.